The normalized spacial score (nSPS) is 19.6. The molecule has 17 heavy (non-hydrogen) atoms. The van der Waals surface area contributed by atoms with Crippen LogP contribution in [-0.2, 0) is 0 Å². The number of piperidine rings is 1. The quantitative estimate of drug-likeness (QED) is 0.745. The molecule has 0 aliphatic carbocycles. The number of rotatable bonds is 3. The van der Waals surface area contributed by atoms with Gasteiger partial charge in [-0.1, -0.05) is 18.2 Å². The van der Waals surface area contributed by atoms with Gasteiger partial charge in [-0.2, -0.15) is 0 Å². The van der Waals surface area contributed by atoms with Crippen LogP contribution >= 0.6 is 0 Å². The SMILES string of the molecule is O=C(NCC1CCCNC1)Nc1ccccc1. The minimum atomic E-state index is -0.123. The Morgan fingerprint density at radius 2 is 2.18 bits per heavy atom. The summed E-state index contributed by atoms with van der Waals surface area (Å²) in [4.78, 5) is 11.6. The van der Waals surface area contributed by atoms with Gasteiger partial charge in [-0.25, -0.2) is 4.79 Å². The molecule has 4 nitrogen and oxygen atoms in total. The summed E-state index contributed by atoms with van der Waals surface area (Å²) in [5.41, 5.74) is 0.826. The number of carbonyl (C=O) groups excluding carboxylic acids is 1. The summed E-state index contributed by atoms with van der Waals surface area (Å²) in [5.74, 6) is 0.560. The maximum Gasteiger partial charge on any atom is 0.319 e. The molecule has 1 saturated heterocycles. The first-order valence-electron chi connectivity index (χ1n) is 6.15. The zero-order valence-electron chi connectivity index (χ0n) is 9.91. The molecule has 1 aromatic rings. The van der Waals surface area contributed by atoms with E-state index < -0.39 is 0 Å². The Hall–Kier alpha value is -1.55. The van der Waals surface area contributed by atoms with E-state index >= 15 is 0 Å². The Labute approximate surface area is 102 Å². The molecule has 0 aromatic heterocycles. The number of carbonyl (C=O) groups is 1. The second kappa shape index (κ2) is 6.25. The summed E-state index contributed by atoms with van der Waals surface area (Å²) in [7, 11) is 0. The molecule has 1 heterocycles. The van der Waals surface area contributed by atoms with Crippen molar-refractivity contribution in [1.82, 2.24) is 10.6 Å². The third-order valence-corrected chi connectivity index (χ3v) is 2.98. The lowest BCUT2D eigenvalue weighted by Crippen LogP contribution is -2.39. The minimum Gasteiger partial charge on any atom is -0.338 e. The van der Waals surface area contributed by atoms with Gasteiger partial charge in [0, 0.05) is 12.2 Å². The van der Waals surface area contributed by atoms with Crippen molar-refractivity contribution < 1.29 is 4.79 Å². The Balaban J connectivity index is 1.70. The van der Waals surface area contributed by atoms with Gasteiger partial charge >= 0.3 is 6.03 Å². The molecule has 0 spiro atoms. The molecular formula is C13H19N3O. The summed E-state index contributed by atoms with van der Waals surface area (Å²) >= 11 is 0. The lowest BCUT2D eigenvalue weighted by molar-refractivity contribution is 0.248. The predicted octanol–water partition coefficient (Wildman–Crippen LogP) is 1.81. The number of benzene rings is 1. The number of amides is 2. The maximum absolute atomic E-state index is 11.6. The highest BCUT2D eigenvalue weighted by atomic mass is 16.2. The molecule has 1 atom stereocenters. The molecular weight excluding hydrogens is 214 g/mol. The summed E-state index contributed by atoms with van der Waals surface area (Å²) < 4.78 is 0. The van der Waals surface area contributed by atoms with E-state index in [0.717, 1.165) is 25.3 Å². The molecule has 0 bridgehead atoms. The van der Waals surface area contributed by atoms with Crippen molar-refractivity contribution in [3.8, 4) is 0 Å². The van der Waals surface area contributed by atoms with Crippen LogP contribution in [0.2, 0.25) is 0 Å². The Morgan fingerprint density at radius 1 is 1.35 bits per heavy atom. The molecule has 3 N–H and O–H groups in total. The number of urea groups is 1. The van der Waals surface area contributed by atoms with Crippen molar-refractivity contribution in [2.75, 3.05) is 25.0 Å². The van der Waals surface area contributed by atoms with Crippen LogP contribution in [-0.4, -0.2) is 25.7 Å². The second-order valence-electron chi connectivity index (χ2n) is 4.41. The van der Waals surface area contributed by atoms with Crippen molar-refractivity contribution in [2.45, 2.75) is 12.8 Å². The van der Waals surface area contributed by atoms with Crippen LogP contribution in [0.3, 0.4) is 0 Å². The monoisotopic (exact) mass is 233 g/mol. The van der Waals surface area contributed by atoms with Gasteiger partial charge in [-0.15, -0.1) is 0 Å². The van der Waals surface area contributed by atoms with Crippen molar-refractivity contribution in [3.63, 3.8) is 0 Å². The van der Waals surface area contributed by atoms with E-state index in [1.54, 1.807) is 0 Å². The fraction of sp³-hybridized carbons (Fsp3) is 0.462. The fourth-order valence-corrected chi connectivity index (χ4v) is 2.03. The topological polar surface area (TPSA) is 53.2 Å². The molecule has 0 saturated carbocycles. The van der Waals surface area contributed by atoms with E-state index in [4.69, 9.17) is 0 Å². The van der Waals surface area contributed by atoms with Crippen LogP contribution in [0, 0.1) is 5.92 Å². The number of para-hydroxylation sites is 1. The third kappa shape index (κ3) is 4.07. The average molecular weight is 233 g/mol. The molecule has 4 heteroatoms. The van der Waals surface area contributed by atoms with E-state index in [1.807, 2.05) is 30.3 Å². The van der Waals surface area contributed by atoms with E-state index in [1.165, 1.54) is 12.8 Å². The first-order valence-corrected chi connectivity index (χ1v) is 6.15. The van der Waals surface area contributed by atoms with Crippen LogP contribution in [0.25, 0.3) is 0 Å². The number of hydrogen-bond donors (Lipinski definition) is 3. The summed E-state index contributed by atoms with van der Waals surface area (Å²) in [6.07, 6.45) is 2.39. The van der Waals surface area contributed by atoms with E-state index in [2.05, 4.69) is 16.0 Å². The molecule has 0 radical (unpaired) electrons. The van der Waals surface area contributed by atoms with Gasteiger partial charge in [0.25, 0.3) is 0 Å². The number of anilines is 1. The fourth-order valence-electron chi connectivity index (χ4n) is 2.03. The van der Waals surface area contributed by atoms with Crippen LogP contribution in [0.5, 0.6) is 0 Å². The average Bonchev–Trinajstić information content (AvgIpc) is 2.39. The van der Waals surface area contributed by atoms with Crippen LogP contribution < -0.4 is 16.0 Å². The Kier molecular flexibility index (Phi) is 4.38. The Bertz CT molecular complexity index is 347. The van der Waals surface area contributed by atoms with Gasteiger partial charge in [-0.05, 0) is 44.0 Å². The summed E-state index contributed by atoms with van der Waals surface area (Å²) in [6.45, 7) is 2.85. The summed E-state index contributed by atoms with van der Waals surface area (Å²) in [6, 6.07) is 9.36. The zero-order chi connectivity index (χ0) is 11.9. The lowest BCUT2D eigenvalue weighted by Gasteiger charge is -2.22. The van der Waals surface area contributed by atoms with E-state index in [9.17, 15) is 4.79 Å². The highest BCUT2D eigenvalue weighted by molar-refractivity contribution is 5.89. The van der Waals surface area contributed by atoms with Crippen molar-refractivity contribution in [1.29, 1.82) is 0 Å². The van der Waals surface area contributed by atoms with Gasteiger partial charge < -0.3 is 16.0 Å². The predicted molar refractivity (Wildman–Crippen MR) is 69.1 cm³/mol. The molecule has 1 unspecified atom stereocenters. The lowest BCUT2D eigenvalue weighted by atomic mass is 10.00. The first kappa shape index (κ1) is 11.9. The molecule has 1 fully saturated rings. The van der Waals surface area contributed by atoms with Gasteiger partial charge in [0.2, 0.25) is 0 Å². The molecule has 2 amide bonds. The standard InChI is InChI=1S/C13H19N3O/c17-13(16-12-6-2-1-3-7-12)15-10-11-5-4-8-14-9-11/h1-3,6-7,11,14H,4-5,8-10H2,(H2,15,16,17). The largest absolute Gasteiger partial charge is 0.338 e. The Morgan fingerprint density at radius 3 is 2.88 bits per heavy atom. The highest BCUT2D eigenvalue weighted by Crippen LogP contribution is 2.08. The van der Waals surface area contributed by atoms with Gasteiger partial charge in [-0.3, -0.25) is 0 Å². The number of nitrogens with one attached hydrogen (secondary N) is 3. The number of hydrogen-bond acceptors (Lipinski definition) is 2. The van der Waals surface area contributed by atoms with Gasteiger partial charge in [0.15, 0.2) is 0 Å². The minimum absolute atomic E-state index is 0.123. The van der Waals surface area contributed by atoms with Gasteiger partial charge in [0.05, 0.1) is 0 Å². The zero-order valence-corrected chi connectivity index (χ0v) is 9.91. The summed E-state index contributed by atoms with van der Waals surface area (Å²) in [5, 5.41) is 9.06. The first-order chi connectivity index (χ1) is 8.34. The van der Waals surface area contributed by atoms with Crippen LogP contribution in [0.4, 0.5) is 10.5 Å². The molecule has 1 aromatic carbocycles. The van der Waals surface area contributed by atoms with Crippen molar-refractivity contribution in [3.05, 3.63) is 30.3 Å². The van der Waals surface area contributed by atoms with Crippen LogP contribution in [0.15, 0.2) is 30.3 Å². The molecule has 92 valence electrons. The van der Waals surface area contributed by atoms with E-state index in [0.29, 0.717) is 5.92 Å². The van der Waals surface area contributed by atoms with Crippen molar-refractivity contribution in [2.24, 2.45) is 5.92 Å². The van der Waals surface area contributed by atoms with Crippen molar-refractivity contribution >= 4 is 11.7 Å². The van der Waals surface area contributed by atoms with Crippen LogP contribution in [0.1, 0.15) is 12.8 Å². The molecule has 1 aliphatic heterocycles. The highest BCUT2D eigenvalue weighted by Gasteiger charge is 2.13. The van der Waals surface area contributed by atoms with Gasteiger partial charge in [0.1, 0.15) is 0 Å². The smallest absolute Gasteiger partial charge is 0.319 e. The second-order valence-corrected chi connectivity index (χ2v) is 4.41. The molecule has 2 rings (SSSR count). The maximum atomic E-state index is 11.6. The third-order valence-electron chi connectivity index (χ3n) is 2.98. The van der Waals surface area contributed by atoms with E-state index in [-0.39, 0.29) is 6.03 Å². The molecule has 1 aliphatic rings.